The monoisotopic (exact) mass is 399 g/mol. The van der Waals surface area contributed by atoms with E-state index in [0.717, 1.165) is 80.0 Å². The Labute approximate surface area is 170 Å². The zero-order chi connectivity index (χ0) is 19.8. The summed E-state index contributed by atoms with van der Waals surface area (Å²) in [5, 5.41) is 9.33. The van der Waals surface area contributed by atoms with Gasteiger partial charge in [-0.3, -0.25) is 10.3 Å². The van der Waals surface area contributed by atoms with Crippen LogP contribution in [0.25, 0.3) is 16.7 Å². The number of hydroxylamine groups is 1. The van der Waals surface area contributed by atoms with E-state index in [-0.39, 0.29) is 11.7 Å². The van der Waals surface area contributed by atoms with Gasteiger partial charge in [0.2, 0.25) is 0 Å². The van der Waals surface area contributed by atoms with Gasteiger partial charge in [0.1, 0.15) is 5.60 Å². The smallest absolute Gasteiger partial charge is 0.159 e. The van der Waals surface area contributed by atoms with E-state index < -0.39 is 0 Å². The molecule has 2 fully saturated rings. The number of nitrogens with one attached hydrogen (secondary N) is 2. The molecule has 0 amide bonds. The van der Waals surface area contributed by atoms with Crippen LogP contribution in [0.1, 0.15) is 45.1 Å². The van der Waals surface area contributed by atoms with Crippen LogP contribution in [0.5, 0.6) is 0 Å². The molecule has 1 spiro atoms. The molecule has 156 valence electrons. The van der Waals surface area contributed by atoms with Crippen LogP contribution in [0.15, 0.2) is 18.5 Å². The predicted octanol–water partition coefficient (Wildman–Crippen LogP) is 2.86. The fourth-order valence-corrected chi connectivity index (χ4v) is 4.54. The zero-order valence-electron chi connectivity index (χ0n) is 17.1. The number of aromatic nitrogens is 3. The number of pyridine rings is 1. The first-order chi connectivity index (χ1) is 14.2. The second kappa shape index (κ2) is 7.59. The van der Waals surface area contributed by atoms with Crippen LogP contribution in [0, 0.1) is 0 Å². The molecule has 0 unspecified atom stereocenters. The third kappa shape index (κ3) is 3.39. The summed E-state index contributed by atoms with van der Waals surface area (Å²) in [5.74, 6) is 0. The lowest BCUT2D eigenvalue weighted by molar-refractivity contribution is -0.154. The number of rotatable bonds is 6. The number of hydrogen-bond donors (Lipinski definition) is 2. The van der Waals surface area contributed by atoms with Gasteiger partial charge in [-0.15, -0.1) is 0 Å². The normalized spacial score (nSPS) is 27.1. The minimum atomic E-state index is -0.270. The SMILES string of the molecule is CCOC1CC2(C=C(c3cnc4c(cnn4CC)c3NC3CCOCC3)NO2)C1. The van der Waals surface area contributed by atoms with Crippen LogP contribution in [0.2, 0.25) is 0 Å². The van der Waals surface area contributed by atoms with Gasteiger partial charge in [0, 0.05) is 57.0 Å². The van der Waals surface area contributed by atoms with Gasteiger partial charge in [-0.25, -0.2) is 9.67 Å². The van der Waals surface area contributed by atoms with Gasteiger partial charge in [-0.1, -0.05) is 0 Å². The fourth-order valence-electron chi connectivity index (χ4n) is 4.54. The quantitative estimate of drug-likeness (QED) is 0.773. The van der Waals surface area contributed by atoms with Crippen LogP contribution < -0.4 is 10.8 Å². The maximum Gasteiger partial charge on any atom is 0.159 e. The lowest BCUT2D eigenvalue weighted by Gasteiger charge is -2.41. The van der Waals surface area contributed by atoms with E-state index >= 15 is 0 Å². The van der Waals surface area contributed by atoms with E-state index in [4.69, 9.17) is 19.3 Å². The standard InChI is InChI=1S/C21H29N5O3/c1-3-26-20-17(13-23-26)19(24-14-5-7-27-8-6-14)16(12-22-20)18-11-21(29-25-18)9-15(10-21)28-4-2/h11-15,25H,3-10H2,1-2H3,(H,22,24). The van der Waals surface area contributed by atoms with Crippen molar-refractivity contribution >= 4 is 22.4 Å². The molecule has 2 aromatic heterocycles. The number of nitrogens with zero attached hydrogens (tertiary/aromatic N) is 3. The van der Waals surface area contributed by atoms with Crippen LogP contribution in [-0.4, -0.2) is 52.3 Å². The summed E-state index contributed by atoms with van der Waals surface area (Å²) in [6, 6.07) is 0.376. The highest BCUT2D eigenvalue weighted by atomic mass is 16.7. The van der Waals surface area contributed by atoms with Crippen molar-refractivity contribution in [2.45, 2.75) is 63.8 Å². The summed E-state index contributed by atoms with van der Waals surface area (Å²) in [6.07, 6.45) is 10.1. The maximum atomic E-state index is 5.98. The lowest BCUT2D eigenvalue weighted by atomic mass is 9.77. The second-order valence-corrected chi connectivity index (χ2v) is 8.09. The summed E-state index contributed by atoms with van der Waals surface area (Å²) in [4.78, 5) is 10.7. The van der Waals surface area contributed by atoms with Gasteiger partial charge in [0.25, 0.3) is 0 Å². The van der Waals surface area contributed by atoms with Gasteiger partial charge in [0.15, 0.2) is 5.65 Å². The molecule has 1 saturated heterocycles. The average Bonchev–Trinajstić information content (AvgIpc) is 3.34. The van der Waals surface area contributed by atoms with Crippen molar-refractivity contribution < 1.29 is 14.3 Å². The van der Waals surface area contributed by atoms with Gasteiger partial charge >= 0.3 is 0 Å². The van der Waals surface area contributed by atoms with E-state index in [1.807, 2.05) is 24.0 Å². The molecule has 4 heterocycles. The van der Waals surface area contributed by atoms with Gasteiger partial charge in [-0.2, -0.15) is 5.10 Å². The number of anilines is 1. The highest BCUT2D eigenvalue weighted by molar-refractivity contribution is 5.95. The molecular weight excluding hydrogens is 370 g/mol. The Morgan fingerprint density at radius 2 is 2.10 bits per heavy atom. The van der Waals surface area contributed by atoms with E-state index in [1.165, 1.54) is 0 Å². The molecule has 8 nitrogen and oxygen atoms in total. The first-order valence-electron chi connectivity index (χ1n) is 10.7. The maximum absolute atomic E-state index is 5.98. The molecule has 5 rings (SSSR count). The van der Waals surface area contributed by atoms with Crippen molar-refractivity contribution in [2.24, 2.45) is 0 Å². The van der Waals surface area contributed by atoms with Crippen LogP contribution in [0.4, 0.5) is 5.69 Å². The topological polar surface area (TPSA) is 82.5 Å². The molecule has 0 aromatic carbocycles. The third-order valence-corrected chi connectivity index (χ3v) is 6.15. The molecule has 0 bridgehead atoms. The highest BCUT2D eigenvalue weighted by Crippen LogP contribution is 2.44. The van der Waals surface area contributed by atoms with Crippen LogP contribution >= 0.6 is 0 Å². The van der Waals surface area contributed by atoms with Crippen LogP contribution in [0.3, 0.4) is 0 Å². The minimum absolute atomic E-state index is 0.270. The summed E-state index contributed by atoms with van der Waals surface area (Å²) >= 11 is 0. The fraction of sp³-hybridized carbons (Fsp3) is 0.619. The summed E-state index contributed by atoms with van der Waals surface area (Å²) < 4.78 is 13.2. The Balaban J connectivity index is 1.49. The minimum Gasteiger partial charge on any atom is -0.381 e. The molecule has 0 radical (unpaired) electrons. The van der Waals surface area contributed by atoms with E-state index in [0.29, 0.717) is 6.04 Å². The Morgan fingerprint density at radius 1 is 1.28 bits per heavy atom. The van der Waals surface area contributed by atoms with Crippen molar-refractivity contribution in [3.63, 3.8) is 0 Å². The van der Waals surface area contributed by atoms with Crippen molar-refractivity contribution in [3.05, 3.63) is 24.0 Å². The number of aryl methyl sites for hydroxylation is 1. The second-order valence-electron chi connectivity index (χ2n) is 8.09. The largest absolute Gasteiger partial charge is 0.381 e. The van der Waals surface area contributed by atoms with Gasteiger partial charge < -0.3 is 14.8 Å². The molecule has 3 aliphatic rings. The van der Waals surface area contributed by atoms with E-state index in [1.54, 1.807) is 0 Å². The summed E-state index contributed by atoms with van der Waals surface area (Å²) in [5.41, 5.74) is 6.86. The van der Waals surface area contributed by atoms with E-state index in [2.05, 4.69) is 28.9 Å². The van der Waals surface area contributed by atoms with Crippen molar-refractivity contribution in [3.8, 4) is 0 Å². The first kappa shape index (κ1) is 18.8. The number of fused-ring (bicyclic) bond motifs is 1. The van der Waals surface area contributed by atoms with Crippen molar-refractivity contribution in [2.75, 3.05) is 25.1 Å². The average molecular weight is 399 g/mol. The molecule has 2 aliphatic heterocycles. The Bertz CT molecular complexity index is 912. The molecule has 0 atom stereocenters. The predicted molar refractivity (Wildman–Crippen MR) is 110 cm³/mol. The first-order valence-corrected chi connectivity index (χ1v) is 10.7. The molecule has 29 heavy (non-hydrogen) atoms. The Kier molecular flexibility index (Phi) is 4.93. The van der Waals surface area contributed by atoms with Gasteiger partial charge in [-0.05, 0) is 32.8 Å². The van der Waals surface area contributed by atoms with Gasteiger partial charge in [0.05, 0.1) is 29.1 Å². The third-order valence-electron chi connectivity index (χ3n) is 6.15. The highest BCUT2D eigenvalue weighted by Gasteiger charge is 2.48. The Morgan fingerprint density at radius 3 is 2.86 bits per heavy atom. The molecule has 2 N–H and O–H groups in total. The summed E-state index contributed by atoms with van der Waals surface area (Å²) in [7, 11) is 0. The molecular formula is C21H29N5O3. The van der Waals surface area contributed by atoms with Crippen molar-refractivity contribution in [1.29, 1.82) is 0 Å². The number of hydrogen-bond acceptors (Lipinski definition) is 7. The van der Waals surface area contributed by atoms with E-state index in [9.17, 15) is 0 Å². The van der Waals surface area contributed by atoms with Crippen molar-refractivity contribution in [1.82, 2.24) is 20.2 Å². The molecule has 8 heteroatoms. The Hall–Kier alpha value is -2.16. The molecule has 1 saturated carbocycles. The molecule has 1 aliphatic carbocycles. The van der Waals surface area contributed by atoms with Crippen LogP contribution in [-0.2, 0) is 20.9 Å². The zero-order valence-corrected chi connectivity index (χ0v) is 17.1. The summed E-state index contributed by atoms with van der Waals surface area (Å²) in [6.45, 7) is 7.23. The molecule has 2 aromatic rings. The number of ether oxygens (including phenoxy) is 2. The lowest BCUT2D eigenvalue weighted by Crippen LogP contribution is -2.48.